The number of thiophene rings is 1. The Bertz CT molecular complexity index is 1270. The second kappa shape index (κ2) is 9.29. The van der Waals surface area contributed by atoms with Gasteiger partial charge in [0, 0.05) is 37.6 Å². The lowest BCUT2D eigenvalue weighted by molar-refractivity contribution is 0.102. The second-order valence-corrected chi connectivity index (χ2v) is 11.4. The molecule has 0 bridgehead atoms. The van der Waals surface area contributed by atoms with Crippen molar-refractivity contribution < 1.29 is 13.2 Å². The lowest BCUT2D eigenvalue weighted by Gasteiger charge is -2.36. The second-order valence-electron chi connectivity index (χ2n) is 8.63. The quantitative estimate of drug-likeness (QED) is 0.569. The van der Waals surface area contributed by atoms with E-state index in [1.165, 1.54) is 21.5 Å². The Kier molecular flexibility index (Phi) is 6.61. The largest absolute Gasteiger partial charge is 0.369 e. The number of rotatable bonds is 5. The van der Waals surface area contributed by atoms with E-state index < -0.39 is 15.9 Å². The van der Waals surface area contributed by atoms with Gasteiger partial charge in [-0.3, -0.25) is 4.79 Å². The lowest BCUT2D eigenvalue weighted by atomic mass is 10.1. The molecule has 2 aromatic carbocycles. The molecule has 1 aliphatic heterocycles. The molecular weight excluding hydrogens is 454 g/mol. The predicted molar refractivity (Wildman–Crippen MR) is 135 cm³/mol. The molecule has 1 aliphatic rings. The molecule has 174 valence electrons. The molecule has 0 unspecified atom stereocenters. The van der Waals surface area contributed by atoms with Gasteiger partial charge in [0.1, 0.15) is 9.77 Å². The maximum atomic E-state index is 13.4. The van der Waals surface area contributed by atoms with Crippen molar-refractivity contribution in [3.05, 3.63) is 75.0 Å². The van der Waals surface area contributed by atoms with Gasteiger partial charge in [-0.25, -0.2) is 8.42 Å². The summed E-state index contributed by atoms with van der Waals surface area (Å²) in [7, 11) is -3.77. The van der Waals surface area contributed by atoms with Gasteiger partial charge < -0.3 is 10.2 Å². The van der Waals surface area contributed by atoms with Crippen LogP contribution in [-0.2, 0) is 10.0 Å². The zero-order chi connectivity index (χ0) is 23.8. The zero-order valence-electron chi connectivity index (χ0n) is 19.4. The zero-order valence-corrected chi connectivity index (χ0v) is 21.0. The number of hydrogen-bond acceptors (Lipinski definition) is 5. The third-order valence-corrected chi connectivity index (χ3v) is 8.86. The third kappa shape index (κ3) is 4.98. The molecule has 1 amide bonds. The number of hydrogen-bond donors (Lipinski definition) is 1. The summed E-state index contributed by atoms with van der Waals surface area (Å²) in [5.41, 5.74) is 6.24. The van der Waals surface area contributed by atoms with Gasteiger partial charge in [0.25, 0.3) is 5.91 Å². The Hall–Kier alpha value is -2.68. The highest BCUT2D eigenvalue weighted by Crippen LogP contribution is 2.29. The van der Waals surface area contributed by atoms with Crippen molar-refractivity contribution in [2.75, 3.05) is 36.4 Å². The molecule has 8 heteroatoms. The summed E-state index contributed by atoms with van der Waals surface area (Å²) in [4.78, 5) is 15.5. The minimum absolute atomic E-state index is 0.0783. The van der Waals surface area contributed by atoms with Crippen molar-refractivity contribution in [2.24, 2.45) is 0 Å². The number of benzene rings is 2. The van der Waals surface area contributed by atoms with Crippen LogP contribution in [0.1, 0.15) is 31.9 Å². The number of anilines is 2. The van der Waals surface area contributed by atoms with Crippen molar-refractivity contribution in [1.29, 1.82) is 0 Å². The van der Waals surface area contributed by atoms with Gasteiger partial charge in [0.15, 0.2) is 0 Å². The van der Waals surface area contributed by atoms with Gasteiger partial charge >= 0.3 is 0 Å². The molecule has 0 radical (unpaired) electrons. The lowest BCUT2D eigenvalue weighted by Crippen LogP contribution is -2.49. The standard InChI is InChI=1S/C25H29N3O3S2/c1-17-5-6-20(4)22(16-17)27-8-10-28(11-9-27)33(30,31)23-7-12-32-24(23)25(29)26-21-14-18(2)13-19(3)15-21/h5-7,12-16H,8-11H2,1-4H3,(H,26,29). The number of aryl methyl sites for hydroxylation is 4. The molecule has 0 aliphatic carbocycles. The van der Waals surface area contributed by atoms with E-state index in [2.05, 4.69) is 42.3 Å². The molecule has 4 rings (SSSR count). The third-order valence-electron chi connectivity index (χ3n) is 5.88. The Labute approximate surface area is 199 Å². The van der Waals surface area contributed by atoms with Crippen LogP contribution in [0.2, 0.25) is 0 Å². The van der Waals surface area contributed by atoms with Crippen LogP contribution in [0.5, 0.6) is 0 Å². The van der Waals surface area contributed by atoms with Crippen LogP contribution in [0.4, 0.5) is 11.4 Å². The van der Waals surface area contributed by atoms with Crippen molar-refractivity contribution in [3.8, 4) is 0 Å². The van der Waals surface area contributed by atoms with Gasteiger partial charge in [-0.15, -0.1) is 11.3 Å². The molecule has 3 aromatic rings. The summed E-state index contributed by atoms with van der Waals surface area (Å²) in [6.07, 6.45) is 0. The molecule has 6 nitrogen and oxygen atoms in total. The number of sulfonamides is 1. The molecular formula is C25H29N3O3S2. The summed E-state index contributed by atoms with van der Waals surface area (Å²) in [6, 6.07) is 13.6. The van der Waals surface area contributed by atoms with E-state index in [0.29, 0.717) is 31.9 Å². The number of amides is 1. The highest BCUT2D eigenvalue weighted by molar-refractivity contribution is 7.89. The summed E-state index contributed by atoms with van der Waals surface area (Å²) in [6.45, 7) is 10.0. The molecule has 1 N–H and O–H groups in total. The summed E-state index contributed by atoms with van der Waals surface area (Å²) < 4.78 is 28.4. The van der Waals surface area contributed by atoms with E-state index in [0.717, 1.165) is 28.2 Å². The van der Waals surface area contributed by atoms with E-state index in [9.17, 15) is 13.2 Å². The molecule has 1 fully saturated rings. The van der Waals surface area contributed by atoms with Crippen molar-refractivity contribution in [2.45, 2.75) is 32.6 Å². The van der Waals surface area contributed by atoms with E-state index >= 15 is 0 Å². The fraction of sp³-hybridized carbons (Fsp3) is 0.320. The Morgan fingerprint density at radius 1 is 0.879 bits per heavy atom. The summed E-state index contributed by atoms with van der Waals surface area (Å²) >= 11 is 1.15. The van der Waals surface area contributed by atoms with E-state index in [1.54, 1.807) is 5.38 Å². The minimum Gasteiger partial charge on any atom is -0.369 e. The monoisotopic (exact) mass is 483 g/mol. The molecule has 1 aromatic heterocycles. The Balaban J connectivity index is 1.50. The van der Waals surface area contributed by atoms with E-state index in [1.807, 2.05) is 32.0 Å². The first kappa shape index (κ1) is 23.5. The fourth-order valence-corrected chi connectivity index (χ4v) is 6.99. The number of piperazine rings is 1. The number of carbonyl (C=O) groups is 1. The summed E-state index contributed by atoms with van der Waals surface area (Å²) in [5, 5.41) is 4.52. The molecule has 0 spiro atoms. The van der Waals surface area contributed by atoms with Gasteiger partial charge in [-0.1, -0.05) is 18.2 Å². The first-order valence-electron chi connectivity index (χ1n) is 10.9. The molecule has 1 saturated heterocycles. The predicted octanol–water partition coefficient (Wildman–Crippen LogP) is 4.74. The van der Waals surface area contributed by atoms with Crippen LogP contribution in [0.15, 0.2) is 52.7 Å². The van der Waals surface area contributed by atoms with Crippen LogP contribution in [0.25, 0.3) is 0 Å². The maximum absolute atomic E-state index is 13.4. The summed E-state index contributed by atoms with van der Waals surface area (Å²) in [5.74, 6) is -0.400. The fourth-order valence-electron chi connectivity index (χ4n) is 4.27. The SMILES string of the molecule is Cc1cc(C)cc(NC(=O)c2sccc2S(=O)(=O)N2CCN(c3cc(C)ccc3C)CC2)c1. The van der Waals surface area contributed by atoms with Gasteiger partial charge in [-0.2, -0.15) is 4.31 Å². The van der Waals surface area contributed by atoms with Crippen molar-refractivity contribution in [3.63, 3.8) is 0 Å². The van der Waals surface area contributed by atoms with E-state index in [4.69, 9.17) is 0 Å². The van der Waals surface area contributed by atoms with Crippen LogP contribution < -0.4 is 10.2 Å². The maximum Gasteiger partial charge on any atom is 0.267 e. The van der Waals surface area contributed by atoms with Crippen molar-refractivity contribution >= 4 is 38.6 Å². The average Bonchev–Trinajstić information content (AvgIpc) is 3.26. The van der Waals surface area contributed by atoms with Crippen LogP contribution in [0, 0.1) is 27.7 Å². The smallest absolute Gasteiger partial charge is 0.267 e. The topological polar surface area (TPSA) is 69.7 Å². The van der Waals surface area contributed by atoms with Crippen LogP contribution in [-0.4, -0.2) is 44.8 Å². The normalized spacial score (nSPS) is 15.0. The van der Waals surface area contributed by atoms with Gasteiger partial charge in [0.2, 0.25) is 10.0 Å². The first-order chi connectivity index (χ1) is 15.6. The van der Waals surface area contributed by atoms with Gasteiger partial charge in [-0.05, 0) is 79.6 Å². The highest BCUT2D eigenvalue weighted by Gasteiger charge is 2.33. The van der Waals surface area contributed by atoms with Crippen LogP contribution >= 0.6 is 11.3 Å². The Morgan fingerprint density at radius 2 is 1.55 bits per heavy atom. The molecule has 2 heterocycles. The van der Waals surface area contributed by atoms with E-state index in [-0.39, 0.29) is 9.77 Å². The number of nitrogens with one attached hydrogen (secondary N) is 1. The molecule has 33 heavy (non-hydrogen) atoms. The Morgan fingerprint density at radius 3 is 2.21 bits per heavy atom. The van der Waals surface area contributed by atoms with Gasteiger partial charge in [0.05, 0.1) is 0 Å². The number of carbonyl (C=O) groups excluding carboxylic acids is 1. The molecule has 0 atom stereocenters. The highest BCUT2D eigenvalue weighted by atomic mass is 32.2. The van der Waals surface area contributed by atoms with Crippen LogP contribution in [0.3, 0.4) is 0 Å². The first-order valence-corrected chi connectivity index (χ1v) is 13.3. The van der Waals surface area contributed by atoms with Crippen molar-refractivity contribution in [1.82, 2.24) is 4.31 Å². The average molecular weight is 484 g/mol. The minimum atomic E-state index is -3.77. The molecule has 0 saturated carbocycles. The number of nitrogens with zero attached hydrogens (tertiary/aromatic N) is 2.